The predicted octanol–water partition coefficient (Wildman–Crippen LogP) is 0.0622. The van der Waals surface area contributed by atoms with Crippen LogP contribution in [0.3, 0.4) is 0 Å². The molecule has 0 aromatic carbocycles. The van der Waals surface area contributed by atoms with Crippen LogP contribution in [0.5, 0.6) is 0 Å². The third kappa shape index (κ3) is 2.24. The van der Waals surface area contributed by atoms with Gasteiger partial charge in [-0.15, -0.1) is 11.3 Å². The van der Waals surface area contributed by atoms with E-state index < -0.39 is 23.6 Å². The van der Waals surface area contributed by atoms with E-state index in [1.54, 1.807) is 13.8 Å². The topological polar surface area (TPSA) is 120 Å². The fraction of sp³-hybridized carbons (Fsp3) is 0.400. The van der Waals surface area contributed by atoms with Gasteiger partial charge in [0.15, 0.2) is 5.54 Å². The highest BCUT2D eigenvalue weighted by Gasteiger charge is 2.50. The molecule has 2 rings (SSSR count). The van der Waals surface area contributed by atoms with Crippen molar-refractivity contribution in [3.05, 3.63) is 15.6 Å². The van der Waals surface area contributed by atoms with E-state index in [1.807, 2.05) is 0 Å². The summed E-state index contributed by atoms with van der Waals surface area (Å²) >= 11 is 1.25. The first-order valence-corrected chi connectivity index (χ1v) is 6.22. The summed E-state index contributed by atoms with van der Waals surface area (Å²) in [5.74, 6) is -0.585. The number of hydrogen-bond acceptors (Lipinski definition) is 5. The largest absolute Gasteiger partial charge is 0.465 e. The molecule has 1 aromatic heterocycles. The number of imide groups is 1. The number of nitrogens with one attached hydrogen (secondary N) is 3. The lowest BCUT2D eigenvalue weighted by molar-refractivity contribution is -0.124. The Morgan fingerprint density at radius 3 is 2.58 bits per heavy atom. The van der Waals surface area contributed by atoms with Gasteiger partial charge in [-0.05, 0) is 13.8 Å². The summed E-state index contributed by atoms with van der Waals surface area (Å²) in [4.78, 5) is 38.8. The second kappa shape index (κ2) is 4.50. The Morgan fingerprint density at radius 2 is 2.16 bits per heavy atom. The van der Waals surface area contributed by atoms with Gasteiger partial charge >= 0.3 is 12.1 Å². The summed E-state index contributed by atoms with van der Waals surface area (Å²) in [5, 5.41) is 16.2. The van der Waals surface area contributed by atoms with Gasteiger partial charge in [-0.2, -0.15) is 0 Å². The number of carbonyl (C=O) groups is 3. The Hall–Kier alpha value is -2.16. The van der Waals surface area contributed by atoms with Gasteiger partial charge in [0.2, 0.25) is 0 Å². The number of hydrogen-bond donors (Lipinski definition) is 4. The molecule has 1 fully saturated rings. The Labute approximate surface area is 112 Å². The first kappa shape index (κ1) is 13.3. The monoisotopic (exact) mass is 284 g/mol. The van der Waals surface area contributed by atoms with Crippen molar-refractivity contribution < 1.29 is 19.5 Å². The van der Waals surface area contributed by atoms with Gasteiger partial charge in [0.05, 0.1) is 22.1 Å². The molecule has 1 saturated heterocycles. The van der Waals surface area contributed by atoms with E-state index >= 15 is 0 Å². The zero-order valence-corrected chi connectivity index (χ0v) is 11.1. The highest BCUT2D eigenvalue weighted by Crippen LogP contribution is 2.32. The van der Waals surface area contributed by atoms with Crippen molar-refractivity contribution in [3.8, 4) is 0 Å². The second-order valence-electron chi connectivity index (χ2n) is 4.12. The summed E-state index contributed by atoms with van der Waals surface area (Å²) in [5.41, 5.74) is -0.835. The molecule has 102 valence electrons. The summed E-state index contributed by atoms with van der Waals surface area (Å²) in [6.07, 6.45) is -1.27. The number of carbonyl (C=O) groups excluding carboxylic acids is 2. The van der Waals surface area contributed by atoms with Crippen LogP contribution in [-0.2, 0) is 10.3 Å². The van der Waals surface area contributed by atoms with Crippen LogP contribution in [0.25, 0.3) is 0 Å². The molecule has 2 heterocycles. The zero-order valence-electron chi connectivity index (χ0n) is 10.2. The minimum Gasteiger partial charge on any atom is -0.465 e. The number of rotatable bonds is 3. The van der Waals surface area contributed by atoms with Crippen molar-refractivity contribution in [3.63, 3.8) is 0 Å². The molecule has 1 aromatic rings. The molecule has 0 spiro atoms. The third-order valence-electron chi connectivity index (χ3n) is 2.74. The molecular formula is C10H12N4O4S. The van der Waals surface area contributed by atoms with Crippen LogP contribution < -0.4 is 16.0 Å². The van der Waals surface area contributed by atoms with Crippen LogP contribution in [0.4, 0.5) is 9.59 Å². The average Bonchev–Trinajstić information content (AvgIpc) is 2.77. The van der Waals surface area contributed by atoms with Crippen molar-refractivity contribution >= 4 is 29.4 Å². The molecule has 1 atom stereocenters. The lowest BCUT2D eigenvalue weighted by Crippen LogP contribution is -2.52. The molecule has 0 bridgehead atoms. The van der Waals surface area contributed by atoms with Gasteiger partial charge in [0.1, 0.15) is 0 Å². The minimum absolute atomic E-state index is 0.248. The quantitative estimate of drug-likeness (QED) is 0.585. The number of urea groups is 1. The van der Waals surface area contributed by atoms with E-state index in [9.17, 15) is 14.4 Å². The Bertz CT molecular complexity index is 570. The molecule has 0 radical (unpaired) electrons. The maximum absolute atomic E-state index is 12.0. The Kier molecular flexibility index (Phi) is 3.14. The molecule has 1 unspecified atom stereocenters. The smallest absolute Gasteiger partial charge is 0.404 e. The highest BCUT2D eigenvalue weighted by molar-refractivity contribution is 7.12. The van der Waals surface area contributed by atoms with Crippen molar-refractivity contribution in [1.29, 1.82) is 0 Å². The minimum atomic E-state index is -1.43. The van der Waals surface area contributed by atoms with Crippen LogP contribution in [-0.4, -0.2) is 34.7 Å². The lowest BCUT2D eigenvalue weighted by Gasteiger charge is -2.24. The van der Waals surface area contributed by atoms with Gasteiger partial charge in [0, 0.05) is 0 Å². The Balaban J connectivity index is 2.45. The molecule has 0 saturated carbocycles. The van der Waals surface area contributed by atoms with Gasteiger partial charge < -0.3 is 15.7 Å². The van der Waals surface area contributed by atoms with Crippen molar-refractivity contribution in [2.75, 3.05) is 6.54 Å². The van der Waals surface area contributed by atoms with Crippen LogP contribution in [0, 0.1) is 13.8 Å². The van der Waals surface area contributed by atoms with Crippen LogP contribution in [0.1, 0.15) is 15.6 Å². The van der Waals surface area contributed by atoms with E-state index in [-0.39, 0.29) is 6.54 Å². The van der Waals surface area contributed by atoms with Gasteiger partial charge in [0.25, 0.3) is 5.91 Å². The second-order valence-corrected chi connectivity index (χ2v) is 5.32. The molecule has 1 aliphatic heterocycles. The number of amides is 4. The van der Waals surface area contributed by atoms with E-state index in [0.29, 0.717) is 10.6 Å². The fourth-order valence-electron chi connectivity index (χ4n) is 1.99. The zero-order chi connectivity index (χ0) is 14.2. The fourth-order valence-corrected chi connectivity index (χ4v) is 3.05. The summed E-state index contributed by atoms with van der Waals surface area (Å²) in [6.45, 7) is 3.23. The lowest BCUT2D eigenvalue weighted by atomic mass is 9.96. The van der Waals surface area contributed by atoms with E-state index in [2.05, 4.69) is 20.9 Å². The predicted molar refractivity (Wildman–Crippen MR) is 66.0 cm³/mol. The van der Waals surface area contributed by atoms with Crippen molar-refractivity contribution in [2.45, 2.75) is 19.4 Å². The molecule has 9 heteroatoms. The average molecular weight is 284 g/mol. The van der Waals surface area contributed by atoms with Crippen LogP contribution >= 0.6 is 11.3 Å². The molecular weight excluding hydrogens is 272 g/mol. The summed E-state index contributed by atoms with van der Waals surface area (Å²) in [7, 11) is 0. The SMILES string of the molecule is Cc1nc(C)c(C2(CNC(=O)O)NC(=O)NC2=O)s1. The molecule has 8 nitrogen and oxygen atoms in total. The first-order chi connectivity index (χ1) is 8.85. The molecule has 19 heavy (non-hydrogen) atoms. The third-order valence-corrected chi connectivity index (χ3v) is 3.97. The van der Waals surface area contributed by atoms with E-state index in [4.69, 9.17) is 5.11 Å². The summed E-state index contributed by atoms with van der Waals surface area (Å²) < 4.78 is 0. The maximum atomic E-state index is 12.0. The van der Waals surface area contributed by atoms with Crippen molar-refractivity contribution in [2.24, 2.45) is 0 Å². The van der Waals surface area contributed by atoms with Gasteiger partial charge in [-0.25, -0.2) is 14.6 Å². The van der Waals surface area contributed by atoms with Crippen LogP contribution in [0.2, 0.25) is 0 Å². The highest BCUT2D eigenvalue weighted by atomic mass is 32.1. The molecule has 0 aliphatic carbocycles. The number of nitrogens with zero attached hydrogens (tertiary/aromatic N) is 1. The van der Waals surface area contributed by atoms with Gasteiger partial charge in [-0.1, -0.05) is 0 Å². The number of aryl methyl sites for hydroxylation is 2. The van der Waals surface area contributed by atoms with Crippen LogP contribution in [0.15, 0.2) is 0 Å². The standard InChI is InChI=1S/C10H12N4O4S/c1-4-6(19-5(2)12-4)10(3-11-9(17)18)7(15)13-8(16)14-10/h11H,3H2,1-2H3,(H,17,18)(H2,13,14,15,16). The van der Waals surface area contributed by atoms with Gasteiger partial charge in [-0.3, -0.25) is 10.1 Å². The maximum Gasteiger partial charge on any atom is 0.404 e. The van der Waals surface area contributed by atoms with Crippen molar-refractivity contribution in [1.82, 2.24) is 20.9 Å². The molecule has 4 N–H and O–H groups in total. The first-order valence-electron chi connectivity index (χ1n) is 5.40. The normalized spacial score (nSPS) is 22.0. The molecule has 4 amide bonds. The number of thiazole rings is 1. The number of carboxylic acid groups (broad SMARTS) is 1. The summed E-state index contributed by atoms with van der Waals surface area (Å²) in [6, 6.07) is -0.650. The van der Waals surface area contributed by atoms with E-state index in [1.165, 1.54) is 11.3 Å². The number of aromatic nitrogens is 1. The molecule has 1 aliphatic rings. The van der Waals surface area contributed by atoms with E-state index in [0.717, 1.165) is 5.01 Å². The Morgan fingerprint density at radius 1 is 1.47 bits per heavy atom.